The largest absolute Gasteiger partial charge is 0.381 e. The summed E-state index contributed by atoms with van der Waals surface area (Å²) in [5.74, 6) is 0.0937. The predicted molar refractivity (Wildman–Crippen MR) is 114 cm³/mol. The van der Waals surface area contributed by atoms with Gasteiger partial charge in [-0.3, -0.25) is 9.10 Å². The average Bonchev–Trinajstić information content (AvgIpc) is 3.09. The highest BCUT2D eigenvalue weighted by Gasteiger charge is 2.42. The number of sulfonamides is 1. The van der Waals surface area contributed by atoms with E-state index >= 15 is 0 Å². The summed E-state index contributed by atoms with van der Waals surface area (Å²) in [4.78, 5) is 13.5. The molecule has 0 aromatic heterocycles. The third-order valence-corrected chi connectivity index (χ3v) is 7.83. The van der Waals surface area contributed by atoms with Crippen LogP contribution < -0.4 is 9.62 Å². The van der Waals surface area contributed by atoms with Crippen LogP contribution in [0.2, 0.25) is 0 Å². The van der Waals surface area contributed by atoms with E-state index in [1.54, 1.807) is 12.1 Å². The van der Waals surface area contributed by atoms with Gasteiger partial charge in [-0.15, -0.1) is 0 Å². The number of ether oxygens (including phenoxy) is 1. The molecule has 2 saturated heterocycles. The van der Waals surface area contributed by atoms with E-state index in [9.17, 15) is 13.2 Å². The van der Waals surface area contributed by atoms with Gasteiger partial charge >= 0.3 is 0 Å². The van der Waals surface area contributed by atoms with Gasteiger partial charge in [-0.1, -0.05) is 36.4 Å². The minimum Gasteiger partial charge on any atom is -0.381 e. The number of carbonyl (C=O) groups excluding carboxylic acids is 1. The zero-order valence-corrected chi connectivity index (χ0v) is 17.4. The Labute approximate surface area is 171 Å². The van der Waals surface area contributed by atoms with Crippen molar-refractivity contribution < 1.29 is 17.9 Å². The van der Waals surface area contributed by atoms with Gasteiger partial charge in [0.15, 0.2) is 0 Å². The van der Waals surface area contributed by atoms with Crippen molar-refractivity contribution in [2.75, 3.05) is 35.1 Å². The molecule has 2 aliphatic heterocycles. The Bertz CT molecular complexity index is 999. The molecule has 2 aliphatic rings. The molecular formula is C22H26N2O4S. The first-order chi connectivity index (χ1) is 13.9. The van der Waals surface area contributed by atoms with Gasteiger partial charge < -0.3 is 10.1 Å². The molecule has 0 radical (unpaired) electrons. The summed E-state index contributed by atoms with van der Waals surface area (Å²) in [5.41, 5.74) is 2.48. The number of anilines is 2. The van der Waals surface area contributed by atoms with Crippen LogP contribution in [0.3, 0.4) is 0 Å². The third kappa shape index (κ3) is 3.76. The molecule has 0 saturated carbocycles. The summed E-state index contributed by atoms with van der Waals surface area (Å²) in [7, 11) is -3.27. The number of amides is 1. The predicted octanol–water partition coefficient (Wildman–Crippen LogP) is 3.22. The van der Waals surface area contributed by atoms with Gasteiger partial charge in [-0.2, -0.15) is 0 Å². The Morgan fingerprint density at radius 3 is 2.48 bits per heavy atom. The molecule has 1 amide bonds. The zero-order chi connectivity index (χ0) is 20.5. The number of nitrogens with zero attached hydrogens (tertiary/aromatic N) is 1. The Kier molecular flexibility index (Phi) is 5.36. The van der Waals surface area contributed by atoms with Gasteiger partial charge in [-0.05, 0) is 49.4 Å². The highest BCUT2D eigenvalue weighted by molar-refractivity contribution is 7.93. The van der Waals surface area contributed by atoms with Gasteiger partial charge in [-0.25, -0.2) is 8.42 Å². The summed E-state index contributed by atoms with van der Waals surface area (Å²) in [6.07, 6.45) is 1.85. The SMILES string of the molecule is Cc1ccc(N2CCCS2(=O)=O)cc1NC(=O)C1(c2ccccc2)CCOCC1. The summed E-state index contributed by atoms with van der Waals surface area (Å²) in [5, 5.41) is 3.09. The number of benzene rings is 2. The molecule has 7 heteroatoms. The Morgan fingerprint density at radius 1 is 1.10 bits per heavy atom. The first kappa shape index (κ1) is 19.9. The van der Waals surface area contributed by atoms with Crippen LogP contribution in [0.25, 0.3) is 0 Å². The van der Waals surface area contributed by atoms with Crippen molar-refractivity contribution >= 4 is 27.3 Å². The van der Waals surface area contributed by atoms with Gasteiger partial charge in [0.05, 0.1) is 16.9 Å². The van der Waals surface area contributed by atoms with Crippen LogP contribution >= 0.6 is 0 Å². The fourth-order valence-corrected chi connectivity index (χ4v) is 5.75. The van der Waals surface area contributed by atoms with E-state index in [0.717, 1.165) is 11.1 Å². The number of hydrogen-bond donors (Lipinski definition) is 1. The zero-order valence-electron chi connectivity index (χ0n) is 16.6. The summed E-state index contributed by atoms with van der Waals surface area (Å²) < 4.78 is 31.5. The van der Waals surface area contributed by atoms with E-state index in [2.05, 4.69) is 5.32 Å². The lowest BCUT2D eigenvalue weighted by Crippen LogP contribution is -2.45. The van der Waals surface area contributed by atoms with Gasteiger partial charge in [0.1, 0.15) is 0 Å². The molecule has 0 bridgehead atoms. The summed E-state index contributed by atoms with van der Waals surface area (Å²) in [6, 6.07) is 15.3. The van der Waals surface area contributed by atoms with Crippen molar-refractivity contribution in [3.63, 3.8) is 0 Å². The molecule has 2 aromatic carbocycles. The molecule has 154 valence electrons. The fourth-order valence-electron chi connectivity index (χ4n) is 4.20. The molecule has 2 heterocycles. The molecular weight excluding hydrogens is 388 g/mol. The van der Waals surface area contributed by atoms with Crippen molar-refractivity contribution in [3.05, 3.63) is 59.7 Å². The first-order valence-corrected chi connectivity index (χ1v) is 11.6. The van der Waals surface area contributed by atoms with Crippen molar-refractivity contribution in [2.24, 2.45) is 0 Å². The summed E-state index contributed by atoms with van der Waals surface area (Å²) in [6.45, 7) is 3.46. The van der Waals surface area contributed by atoms with Crippen LogP contribution in [0.5, 0.6) is 0 Å². The van der Waals surface area contributed by atoms with Crippen LogP contribution in [0.4, 0.5) is 11.4 Å². The standard InChI is InChI=1S/C22H26N2O4S/c1-17-8-9-19(24-12-5-15-29(24,26)27)16-20(17)23-21(25)22(10-13-28-14-11-22)18-6-3-2-4-7-18/h2-4,6-9,16H,5,10-15H2,1H3,(H,23,25). The molecule has 1 N–H and O–H groups in total. The van der Waals surface area contributed by atoms with Crippen LogP contribution in [-0.2, 0) is 25.0 Å². The van der Waals surface area contributed by atoms with Crippen molar-refractivity contribution in [2.45, 2.75) is 31.6 Å². The number of hydrogen-bond acceptors (Lipinski definition) is 4. The van der Waals surface area contributed by atoms with E-state index in [1.165, 1.54) is 4.31 Å². The number of rotatable bonds is 4. The van der Waals surface area contributed by atoms with Crippen LogP contribution in [0.1, 0.15) is 30.4 Å². The average molecular weight is 415 g/mol. The maximum absolute atomic E-state index is 13.5. The monoisotopic (exact) mass is 414 g/mol. The minimum atomic E-state index is -3.27. The Morgan fingerprint density at radius 2 is 1.83 bits per heavy atom. The highest BCUT2D eigenvalue weighted by Crippen LogP contribution is 2.37. The second-order valence-corrected chi connectivity index (χ2v) is 9.77. The lowest BCUT2D eigenvalue weighted by Gasteiger charge is -2.36. The Balaban J connectivity index is 1.66. The highest BCUT2D eigenvalue weighted by atomic mass is 32.2. The fraction of sp³-hybridized carbons (Fsp3) is 0.409. The van der Waals surface area contributed by atoms with Crippen molar-refractivity contribution in [1.29, 1.82) is 0 Å². The van der Waals surface area contributed by atoms with Gasteiger partial charge in [0, 0.05) is 25.4 Å². The van der Waals surface area contributed by atoms with Crippen molar-refractivity contribution in [3.8, 4) is 0 Å². The van der Waals surface area contributed by atoms with Crippen LogP contribution in [-0.4, -0.2) is 39.8 Å². The molecule has 6 nitrogen and oxygen atoms in total. The number of nitrogens with one attached hydrogen (secondary N) is 1. The van der Waals surface area contributed by atoms with Gasteiger partial charge in [0.25, 0.3) is 0 Å². The smallest absolute Gasteiger partial charge is 0.235 e. The molecule has 29 heavy (non-hydrogen) atoms. The van der Waals surface area contributed by atoms with E-state index in [0.29, 0.717) is 50.4 Å². The third-order valence-electron chi connectivity index (χ3n) is 5.96. The molecule has 0 atom stereocenters. The van der Waals surface area contributed by atoms with E-state index < -0.39 is 15.4 Å². The quantitative estimate of drug-likeness (QED) is 0.834. The van der Waals surface area contributed by atoms with E-state index in [1.807, 2.05) is 43.3 Å². The molecule has 0 aliphatic carbocycles. The number of carbonyl (C=O) groups is 1. The van der Waals surface area contributed by atoms with E-state index in [4.69, 9.17) is 4.74 Å². The van der Waals surface area contributed by atoms with Crippen LogP contribution in [0.15, 0.2) is 48.5 Å². The Hall–Kier alpha value is -2.38. The maximum atomic E-state index is 13.5. The molecule has 2 aromatic rings. The van der Waals surface area contributed by atoms with Gasteiger partial charge in [0.2, 0.25) is 15.9 Å². The molecule has 0 unspecified atom stereocenters. The molecule has 4 rings (SSSR count). The van der Waals surface area contributed by atoms with Crippen LogP contribution in [0, 0.1) is 6.92 Å². The number of aryl methyl sites for hydroxylation is 1. The molecule has 0 spiro atoms. The topological polar surface area (TPSA) is 75.7 Å². The first-order valence-electron chi connectivity index (χ1n) is 9.98. The maximum Gasteiger partial charge on any atom is 0.235 e. The lowest BCUT2D eigenvalue weighted by molar-refractivity contribution is -0.125. The summed E-state index contributed by atoms with van der Waals surface area (Å²) >= 11 is 0. The molecule has 2 fully saturated rings. The lowest BCUT2D eigenvalue weighted by atomic mass is 9.73. The second-order valence-electron chi connectivity index (χ2n) is 7.76. The normalized spacial score (nSPS) is 20.4. The van der Waals surface area contributed by atoms with E-state index in [-0.39, 0.29) is 11.7 Å². The second kappa shape index (κ2) is 7.80. The van der Waals surface area contributed by atoms with Crippen molar-refractivity contribution in [1.82, 2.24) is 0 Å². The minimum absolute atomic E-state index is 0.0727.